The van der Waals surface area contributed by atoms with Crippen LogP contribution in [0.25, 0.3) is 27.1 Å². The van der Waals surface area contributed by atoms with Crippen molar-refractivity contribution in [2.24, 2.45) is 7.05 Å². The van der Waals surface area contributed by atoms with Crippen LogP contribution in [0, 0.1) is 11.3 Å². The molecule has 1 N–H and O–H groups in total. The van der Waals surface area contributed by atoms with Gasteiger partial charge in [0.2, 0.25) is 4.96 Å². The number of imidazole rings is 1. The highest BCUT2D eigenvalue weighted by atomic mass is 32.1. The molecule has 0 aliphatic carbocycles. The second kappa shape index (κ2) is 7.70. The zero-order chi connectivity index (χ0) is 19.7. The van der Waals surface area contributed by atoms with Gasteiger partial charge in [0.1, 0.15) is 16.6 Å². The van der Waals surface area contributed by atoms with Crippen molar-refractivity contribution in [2.75, 3.05) is 13.1 Å². The highest BCUT2D eigenvalue weighted by molar-refractivity contribution is 7.16. The molecule has 1 aliphatic rings. The number of nitrogens with one attached hydrogen (secondary N) is 1. The van der Waals surface area contributed by atoms with Gasteiger partial charge >= 0.3 is 0 Å². The van der Waals surface area contributed by atoms with Crippen molar-refractivity contribution in [2.45, 2.75) is 32.6 Å². The Bertz CT molecular complexity index is 1120. The molecule has 8 heteroatoms. The Morgan fingerprint density at radius 3 is 2.68 bits per heavy atom. The number of fused-ring (bicyclic) bond motifs is 2. The monoisotopic (exact) mass is 393 g/mol. The van der Waals surface area contributed by atoms with Crippen LogP contribution in [0.5, 0.6) is 0 Å². The highest BCUT2D eigenvalue weighted by Gasteiger charge is 2.20. The second-order valence-corrected chi connectivity index (χ2v) is 7.68. The zero-order valence-corrected chi connectivity index (χ0v) is 17.1. The minimum atomic E-state index is 0.531. The fourth-order valence-electron chi connectivity index (χ4n) is 3.58. The van der Waals surface area contributed by atoms with E-state index in [1.165, 1.54) is 5.01 Å². The number of nitriles is 1. The maximum Gasteiger partial charge on any atom is 0.212 e. The van der Waals surface area contributed by atoms with Crippen LogP contribution in [0.4, 0.5) is 0 Å². The third-order valence-corrected chi connectivity index (χ3v) is 5.97. The SMILES string of the molecule is CC.Cn1cc2cc(-c3cn4nc(C5CCNCC5)sc4n3)cc(C#N)c2n1. The fraction of sp³-hybridized carbons (Fsp3) is 0.400. The summed E-state index contributed by atoms with van der Waals surface area (Å²) in [7, 11) is 1.86. The summed E-state index contributed by atoms with van der Waals surface area (Å²) in [5, 5.41) is 24.1. The van der Waals surface area contributed by atoms with E-state index in [1.54, 1.807) is 16.0 Å². The smallest absolute Gasteiger partial charge is 0.212 e. The average Bonchev–Trinajstić information content (AvgIpc) is 3.41. The maximum atomic E-state index is 9.46. The summed E-state index contributed by atoms with van der Waals surface area (Å²) in [6, 6.07) is 6.13. The van der Waals surface area contributed by atoms with Crippen molar-refractivity contribution in [1.82, 2.24) is 29.7 Å². The van der Waals surface area contributed by atoms with Gasteiger partial charge in [-0.05, 0) is 38.1 Å². The number of hydrogen-bond acceptors (Lipinski definition) is 6. The first-order chi connectivity index (χ1) is 13.7. The molecule has 0 radical (unpaired) electrons. The summed E-state index contributed by atoms with van der Waals surface area (Å²) in [4.78, 5) is 5.66. The molecule has 4 heterocycles. The lowest BCUT2D eigenvalue weighted by Crippen LogP contribution is -2.26. The molecule has 1 aromatic carbocycles. The van der Waals surface area contributed by atoms with Crippen LogP contribution in [0.1, 0.15) is 43.2 Å². The Morgan fingerprint density at radius 2 is 1.96 bits per heavy atom. The van der Waals surface area contributed by atoms with Gasteiger partial charge in [-0.25, -0.2) is 9.50 Å². The zero-order valence-electron chi connectivity index (χ0n) is 16.3. The molecule has 0 unspecified atom stereocenters. The van der Waals surface area contributed by atoms with Crippen LogP contribution in [-0.2, 0) is 7.05 Å². The number of hydrogen-bond donors (Lipinski definition) is 1. The predicted molar refractivity (Wildman–Crippen MR) is 111 cm³/mol. The Balaban J connectivity index is 0.000000932. The van der Waals surface area contributed by atoms with Gasteiger partial charge in [-0.1, -0.05) is 25.2 Å². The van der Waals surface area contributed by atoms with Crippen LogP contribution in [0.15, 0.2) is 24.5 Å². The molecule has 0 bridgehead atoms. The first-order valence-corrected chi connectivity index (χ1v) is 10.5. The van der Waals surface area contributed by atoms with Gasteiger partial charge in [-0.2, -0.15) is 15.5 Å². The van der Waals surface area contributed by atoms with Crippen molar-refractivity contribution >= 4 is 27.2 Å². The van der Waals surface area contributed by atoms with Crippen LogP contribution >= 0.6 is 11.3 Å². The van der Waals surface area contributed by atoms with Gasteiger partial charge in [0.05, 0.1) is 17.5 Å². The molecule has 1 fully saturated rings. The normalized spacial score (nSPS) is 14.8. The summed E-state index contributed by atoms with van der Waals surface area (Å²) in [6.07, 6.45) is 6.14. The van der Waals surface area contributed by atoms with Crippen molar-refractivity contribution < 1.29 is 0 Å². The van der Waals surface area contributed by atoms with Gasteiger partial charge in [-0.15, -0.1) is 0 Å². The van der Waals surface area contributed by atoms with Crippen molar-refractivity contribution in [3.8, 4) is 17.3 Å². The number of benzene rings is 1. The maximum absolute atomic E-state index is 9.46. The Labute approximate surface area is 167 Å². The number of nitrogens with zero attached hydrogens (tertiary/aromatic N) is 6. The molecule has 7 nitrogen and oxygen atoms in total. The van der Waals surface area contributed by atoms with Gasteiger partial charge in [0.25, 0.3) is 0 Å². The molecule has 1 saturated heterocycles. The van der Waals surface area contributed by atoms with E-state index in [9.17, 15) is 5.26 Å². The van der Waals surface area contributed by atoms with Crippen LogP contribution < -0.4 is 5.32 Å². The first kappa shape index (κ1) is 18.6. The minimum Gasteiger partial charge on any atom is -0.317 e. The molecular weight excluding hydrogens is 370 g/mol. The van der Waals surface area contributed by atoms with Gasteiger partial charge in [-0.3, -0.25) is 4.68 Å². The summed E-state index contributed by atoms with van der Waals surface area (Å²) < 4.78 is 3.60. The molecule has 0 spiro atoms. The third-order valence-electron chi connectivity index (χ3n) is 4.89. The molecule has 0 saturated carbocycles. The Hall–Kier alpha value is -2.76. The lowest BCUT2D eigenvalue weighted by molar-refractivity contribution is 0.456. The number of rotatable bonds is 2. The topological polar surface area (TPSA) is 83.8 Å². The second-order valence-electron chi connectivity index (χ2n) is 6.69. The van der Waals surface area contributed by atoms with Gasteiger partial charge in [0, 0.05) is 30.1 Å². The van der Waals surface area contributed by atoms with Crippen LogP contribution in [-0.4, -0.2) is 37.5 Å². The van der Waals surface area contributed by atoms with E-state index < -0.39 is 0 Å². The standard InChI is InChI=1S/C18H17N7S.C2H6/c1-24-9-14-7-12(6-13(8-19)16(14)22-24)15-10-25-18(21-15)26-17(23-25)11-2-4-20-5-3-11;1-2/h6-7,9-11,20H,2-5H2,1H3;1-2H3. The Morgan fingerprint density at radius 1 is 1.18 bits per heavy atom. The van der Waals surface area contributed by atoms with Crippen molar-refractivity contribution in [3.05, 3.63) is 35.1 Å². The lowest BCUT2D eigenvalue weighted by Gasteiger charge is -2.19. The summed E-state index contributed by atoms with van der Waals surface area (Å²) in [5.41, 5.74) is 3.05. The van der Waals surface area contributed by atoms with Crippen LogP contribution in [0.2, 0.25) is 0 Å². The third kappa shape index (κ3) is 3.28. The molecule has 4 aromatic rings. The number of aromatic nitrogens is 5. The number of piperidine rings is 1. The quantitative estimate of drug-likeness (QED) is 0.561. The molecule has 0 atom stereocenters. The average molecular weight is 394 g/mol. The largest absolute Gasteiger partial charge is 0.317 e. The van der Waals surface area contributed by atoms with E-state index in [1.807, 2.05) is 49.9 Å². The molecule has 28 heavy (non-hydrogen) atoms. The lowest BCUT2D eigenvalue weighted by atomic mass is 9.99. The van der Waals surface area contributed by atoms with Crippen molar-refractivity contribution in [1.29, 1.82) is 5.26 Å². The van der Waals surface area contributed by atoms with E-state index in [2.05, 4.69) is 16.5 Å². The molecule has 3 aromatic heterocycles. The van der Waals surface area contributed by atoms with E-state index in [4.69, 9.17) is 10.1 Å². The van der Waals surface area contributed by atoms with Crippen molar-refractivity contribution in [3.63, 3.8) is 0 Å². The van der Waals surface area contributed by atoms with E-state index in [0.717, 1.165) is 53.1 Å². The first-order valence-electron chi connectivity index (χ1n) is 9.66. The molecule has 5 rings (SSSR count). The summed E-state index contributed by atoms with van der Waals surface area (Å²) in [5.74, 6) is 0.531. The number of aryl methyl sites for hydroxylation is 1. The molecule has 1 aliphatic heterocycles. The minimum absolute atomic E-state index is 0.531. The fourth-order valence-corrected chi connectivity index (χ4v) is 4.63. The van der Waals surface area contributed by atoms with Gasteiger partial charge < -0.3 is 5.32 Å². The summed E-state index contributed by atoms with van der Waals surface area (Å²) >= 11 is 1.67. The molecule has 0 amide bonds. The van der Waals surface area contributed by atoms with E-state index in [-0.39, 0.29) is 0 Å². The van der Waals surface area contributed by atoms with E-state index in [0.29, 0.717) is 11.5 Å². The summed E-state index contributed by atoms with van der Waals surface area (Å²) in [6.45, 7) is 6.11. The Kier molecular flexibility index (Phi) is 5.11. The van der Waals surface area contributed by atoms with E-state index >= 15 is 0 Å². The predicted octanol–water partition coefficient (Wildman–Crippen LogP) is 3.71. The molecular formula is C20H23N7S. The molecule has 144 valence electrons. The van der Waals surface area contributed by atoms with Gasteiger partial charge in [0.15, 0.2) is 0 Å². The highest BCUT2D eigenvalue weighted by Crippen LogP contribution is 2.31. The van der Waals surface area contributed by atoms with Crippen LogP contribution in [0.3, 0.4) is 0 Å².